The lowest BCUT2D eigenvalue weighted by atomic mass is 9.80. The molecule has 3 aromatic rings. The Kier molecular flexibility index (Phi) is 7.42. The quantitative estimate of drug-likeness (QED) is 0.373. The Balaban J connectivity index is 1.37. The van der Waals surface area contributed by atoms with Crippen LogP contribution in [0.3, 0.4) is 0 Å². The fraction of sp³-hybridized carbons (Fsp3) is 0.444. The number of nitrogens with two attached hydrogens (primary N) is 1. The number of nitrogens with zero attached hydrogens (tertiary/aromatic N) is 4. The van der Waals surface area contributed by atoms with Crippen LogP contribution in [-0.2, 0) is 4.74 Å². The number of carbonyl (C=O) groups excluding carboxylic acids is 2. The second kappa shape index (κ2) is 11.1. The van der Waals surface area contributed by atoms with Gasteiger partial charge >= 0.3 is 6.09 Å². The first-order valence-electron chi connectivity index (χ1n) is 13.0. The highest BCUT2D eigenvalue weighted by Gasteiger charge is 2.31. The van der Waals surface area contributed by atoms with Crippen molar-refractivity contribution in [3.05, 3.63) is 47.8 Å². The summed E-state index contributed by atoms with van der Waals surface area (Å²) in [5, 5.41) is 23.0. The average Bonchev–Trinajstić information content (AvgIpc) is 3.34. The van der Waals surface area contributed by atoms with Crippen LogP contribution in [0.15, 0.2) is 36.7 Å². The number of nitrogens with one attached hydrogen (secondary N) is 3. The van der Waals surface area contributed by atoms with E-state index in [1.807, 2.05) is 18.2 Å². The highest BCUT2D eigenvalue weighted by atomic mass is 16.5. The van der Waals surface area contributed by atoms with E-state index in [9.17, 15) is 14.9 Å². The third-order valence-electron chi connectivity index (χ3n) is 7.46. The summed E-state index contributed by atoms with van der Waals surface area (Å²) in [5.74, 6) is 0.178. The molecule has 0 spiro atoms. The summed E-state index contributed by atoms with van der Waals surface area (Å²) < 4.78 is 6.38. The molecule has 0 bridgehead atoms. The van der Waals surface area contributed by atoms with Crippen molar-refractivity contribution in [1.29, 1.82) is 5.26 Å². The number of hydrogen-bond donors (Lipinski definition) is 4. The molecule has 0 saturated heterocycles. The number of anilines is 1. The van der Waals surface area contributed by atoms with Gasteiger partial charge in [-0.1, -0.05) is 0 Å². The van der Waals surface area contributed by atoms with Crippen LogP contribution >= 0.6 is 0 Å². The topological polar surface area (TPSA) is 159 Å². The zero-order chi connectivity index (χ0) is 26.6. The monoisotopic (exact) mass is 516 g/mol. The molecule has 38 heavy (non-hydrogen) atoms. The Hall–Kier alpha value is -4.17. The van der Waals surface area contributed by atoms with Crippen molar-refractivity contribution in [3.63, 3.8) is 0 Å². The highest BCUT2D eigenvalue weighted by molar-refractivity contribution is 6.00. The van der Waals surface area contributed by atoms with Crippen LogP contribution in [0.5, 0.6) is 0 Å². The zero-order valence-electron chi connectivity index (χ0n) is 21.3. The molecule has 11 heteroatoms. The molecular weight excluding hydrogens is 484 g/mol. The van der Waals surface area contributed by atoms with Crippen LogP contribution < -0.4 is 21.7 Å². The lowest BCUT2D eigenvalue weighted by molar-refractivity contribution is 0.0926. The predicted octanol–water partition coefficient (Wildman–Crippen LogP) is 2.81. The van der Waals surface area contributed by atoms with E-state index in [0.29, 0.717) is 35.0 Å². The van der Waals surface area contributed by atoms with Gasteiger partial charge in [-0.05, 0) is 68.7 Å². The van der Waals surface area contributed by atoms with Crippen LogP contribution in [0.2, 0.25) is 0 Å². The van der Waals surface area contributed by atoms with E-state index in [4.69, 9.17) is 5.73 Å². The minimum atomic E-state index is -0.433. The van der Waals surface area contributed by atoms with Gasteiger partial charge in [-0.2, -0.15) is 10.4 Å². The number of aromatic nitrogens is 3. The molecule has 0 radical (unpaired) electrons. The van der Waals surface area contributed by atoms with Gasteiger partial charge < -0.3 is 26.4 Å². The van der Waals surface area contributed by atoms with Crippen LogP contribution in [0.1, 0.15) is 54.4 Å². The summed E-state index contributed by atoms with van der Waals surface area (Å²) in [6.45, 7) is 0.552. The first-order valence-corrected chi connectivity index (χ1v) is 13.0. The first-order chi connectivity index (χ1) is 18.4. The van der Waals surface area contributed by atoms with Crippen molar-refractivity contribution in [2.75, 3.05) is 19.0 Å². The second-order valence-electron chi connectivity index (χ2n) is 10.2. The molecule has 0 atom stereocenters. The van der Waals surface area contributed by atoms with E-state index >= 15 is 0 Å². The minimum absolute atomic E-state index is 0.0976. The average molecular weight is 517 g/mol. The maximum Gasteiger partial charge on any atom is 0.406 e. The Morgan fingerprint density at radius 1 is 1.16 bits per heavy atom. The Bertz CT molecular complexity index is 1370. The molecule has 2 saturated carbocycles. The van der Waals surface area contributed by atoms with Gasteiger partial charge in [0.25, 0.3) is 5.91 Å². The number of fused-ring (bicyclic) bond motifs is 1. The summed E-state index contributed by atoms with van der Waals surface area (Å²) in [5.41, 5.74) is 9.90. The van der Waals surface area contributed by atoms with Crippen molar-refractivity contribution in [3.8, 4) is 17.5 Å². The maximum atomic E-state index is 13.3. The van der Waals surface area contributed by atoms with Crippen molar-refractivity contribution in [2.24, 2.45) is 11.7 Å². The summed E-state index contributed by atoms with van der Waals surface area (Å²) >= 11 is 0. The van der Waals surface area contributed by atoms with Gasteiger partial charge in [0.05, 0.1) is 47.0 Å². The molecular formula is C27H32N8O3. The van der Waals surface area contributed by atoms with E-state index in [0.717, 1.165) is 49.7 Å². The van der Waals surface area contributed by atoms with Gasteiger partial charge in [-0.15, -0.1) is 0 Å². The molecule has 5 rings (SSSR count). The third-order valence-corrected chi connectivity index (χ3v) is 7.46. The largest absolute Gasteiger partial charge is 0.453 e. The number of pyridine rings is 1. The molecule has 3 heterocycles. The number of rotatable bonds is 7. The maximum absolute atomic E-state index is 13.3. The molecule has 2 amide bonds. The molecule has 0 unspecified atom stereocenters. The number of ether oxygens (including phenoxy) is 1. The van der Waals surface area contributed by atoms with E-state index in [-0.39, 0.29) is 24.0 Å². The lowest BCUT2D eigenvalue weighted by Gasteiger charge is -2.37. The van der Waals surface area contributed by atoms with Crippen LogP contribution in [0, 0.1) is 17.2 Å². The van der Waals surface area contributed by atoms with Gasteiger partial charge in [0.2, 0.25) is 0 Å². The van der Waals surface area contributed by atoms with Gasteiger partial charge in [0.1, 0.15) is 6.07 Å². The fourth-order valence-electron chi connectivity index (χ4n) is 5.22. The standard InChI is InChI=1S/C27H32N8O3/c1-38-27(37)31-13-16-8-20(9-16)33-23-11-24(25-7-6-21-10-17(12-28)14-32-35(21)25)30-15-22(23)26(36)34-19-4-2-18(29)3-5-19/h6-7,10-11,14-16,18-20H,2-5,8-9,13,29H2,1H3,(H,30,33)(H,31,37)(H,34,36)/t16-,18-,19-,20-. The van der Waals surface area contributed by atoms with Crippen LogP contribution in [-0.4, -0.2) is 58.4 Å². The molecule has 198 valence electrons. The van der Waals surface area contributed by atoms with Crippen molar-refractivity contribution < 1.29 is 14.3 Å². The Morgan fingerprint density at radius 3 is 2.68 bits per heavy atom. The van der Waals surface area contributed by atoms with Crippen LogP contribution in [0.4, 0.5) is 10.5 Å². The molecule has 3 aromatic heterocycles. The van der Waals surface area contributed by atoms with E-state index in [2.05, 4.69) is 36.8 Å². The van der Waals surface area contributed by atoms with Gasteiger partial charge in [-0.3, -0.25) is 9.78 Å². The van der Waals surface area contributed by atoms with Gasteiger partial charge in [0.15, 0.2) is 0 Å². The zero-order valence-corrected chi connectivity index (χ0v) is 21.3. The van der Waals surface area contributed by atoms with Crippen molar-refractivity contribution >= 4 is 23.2 Å². The summed E-state index contributed by atoms with van der Waals surface area (Å²) in [4.78, 5) is 29.3. The SMILES string of the molecule is COC(=O)NC[C@H]1C[C@H](Nc2cc(-c3ccc4cc(C#N)cnn34)ncc2C(=O)N[C@H]2CC[C@H](N)CC2)C1. The van der Waals surface area contributed by atoms with Crippen molar-refractivity contribution in [1.82, 2.24) is 25.2 Å². The number of alkyl carbamates (subject to hydrolysis) is 1. The molecule has 0 aromatic carbocycles. The summed E-state index contributed by atoms with van der Waals surface area (Å²) in [7, 11) is 1.35. The molecule has 2 aliphatic carbocycles. The second-order valence-corrected chi connectivity index (χ2v) is 10.2. The van der Waals surface area contributed by atoms with Gasteiger partial charge in [0, 0.05) is 30.9 Å². The fourth-order valence-corrected chi connectivity index (χ4v) is 5.22. The number of methoxy groups -OCH3 is 1. The van der Waals surface area contributed by atoms with Crippen LogP contribution in [0.25, 0.3) is 16.9 Å². The van der Waals surface area contributed by atoms with E-state index in [1.54, 1.807) is 16.8 Å². The Morgan fingerprint density at radius 2 is 1.95 bits per heavy atom. The number of hydrogen-bond acceptors (Lipinski definition) is 8. The normalized spacial score (nSPS) is 22.7. The van der Waals surface area contributed by atoms with E-state index in [1.165, 1.54) is 13.3 Å². The third kappa shape index (κ3) is 5.55. The smallest absolute Gasteiger partial charge is 0.406 e. The molecule has 0 aliphatic heterocycles. The van der Waals surface area contributed by atoms with Gasteiger partial charge in [-0.25, -0.2) is 9.31 Å². The highest BCUT2D eigenvalue weighted by Crippen LogP contribution is 2.33. The summed E-state index contributed by atoms with van der Waals surface area (Å²) in [6.07, 6.45) is 7.94. The number of amides is 2. The number of nitriles is 1. The molecule has 2 aliphatic rings. The summed E-state index contributed by atoms with van der Waals surface area (Å²) in [6, 6.07) is 10.0. The minimum Gasteiger partial charge on any atom is -0.453 e. The first kappa shape index (κ1) is 25.5. The predicted molar refractivity (Wildman–Crippen MR) is 141 cm³/mol. The molecule has 11 nitrogen and oxygen atoms in total. The lowest BCUT2D eigenvalue weighted by Crippen LogP contribution is -2.43. The molecule has 5 N–H and O–H groups in total. The number of carbonyl (C=O) groups is 2. The van der Waals surface area contributed by atoms with Crippen molar-refractivity contribution in [2.45, 2.75) is 56.7 Å². The molecule has 2 fully saturated rings. The Labute approximate surface area is 220 Å². The van der Waals surface area contributed by atoms with E-state index < -0.39 is 6.09 Å².